The fourth-order valence-electron chi connectivity index (χ4n) is 1.81. The Morgan fingerprint density at radius 3 is 2.56 bits per heavy atom. The first-order valence-corrected chi connectivity index (χ1v) is 6.45. The number of Topliss-reactive ketones (excluding diaryl/α,β-unsaturated/α-hetero) is 1. The summed E-state index contributed by atoms with van der Waals surface area (Å²) in [6.07, 6.45) is 0. The van der Waals surface area contributed by atoms with E-state index in [1.165, 1.54) is 11.5 Å². The van der Waals surface area contributed by atoms with Crippen LogP contribution in [-0.4, -0.2) is 15.1 Å². The number of carbonyl (C=O) groups excluding carboxylic acids is 1. The molecule has 0 spiro atoms. The predicted molar refractivity (Wildman–Crippen MR) is 73.8 cm³/mol. The largest absolute Gasteiger partial charge is 0.344 e. The van der Waals surface area contributed by atoms with E-state index in [9.17, 15) is 4.79 Å². The highest BCUT2D eigenvalue weighted by atomic mass is 32.1. The molecule has 0 radical (unpaired) electrons. The van der Waals surface area contributed by atoms with E-state index in [0.29, 0.717) is 5.56 Å². The second kappa shape index (κ2) is 4.86. The first-order valence-electron chi connectivity index (χ1n) is 5.67. The van der Waals surface area contributed by atoms with Gasteiger partial charge in [-0.3, -0.25) is 9.78 Å². The maximum atomic E-state index is 11.6. The first kappa shape index (κ1) is 12.7. The van der Waals surface area contributed by atoms with Crippen molar-refractivity contribution in [1.82, 2.24) is 9.36 Å². The van der Waals surface area contributed by atoms with Gasteiger partial charge in [0, 0.05) is 5.69 Å². The summed E-state index contributed by atoms with van der Waals surface area (Å²) in [7, 11) is 0. The van der Waals surface area contributed by atoms with Crippen LogP contribution >= 0.6 is 11.5 Å². The zero-order valence-electron chi connectivity index (χ0n) is 10.9. The fraction of sp³-hybridized carbons (Fsp3) is 0.308. The van der Waals surface area contributed by atoms with Gasteiger partial charge in [0.15, 0.2) is 5.78 Å². The molecule has 94 valence electrons. The molecule has 18 heavy (non-hydrogen) atoms. The third kappa shape index (κ3) is 2.41. The molecule has 0 unspecified atom stereocenters. The molecular formula is C13H15N3OS. The number of rotatable bonds is 3. The lowest BCUT2D eigenvalue weighted by atomic mass is 10.2. The Balaban J connectivity index is 2.37. The Bertz CT molecular complexity index is 604. The van der Waals surface area contributed by atoms with Crippen molar-refractivity contribution in [3.05, 3.63) is 34.8 Å². The van der Waals surface area contributed by atoms with Crippen LogP contribution in [0.15, 0.2) is 12.1 Å². The number of hydrogen-bond donors (Lipinski definition) is 1. The summed E-state index contributed by atoms with van der Waals surface area (Å²) in [5.74, 6) is 0.0291. The van der Waals surface area contributed by atoms with Crippen molar-refractivity contribution >= 4 is 28.0 Å². The second-order valence-electron chi connectivity index (χ2n) is 4.24. The molecule has 0 amide bonds. The smallest absolute Gasteiger partial charge is 0.164 e. The zero-order chi connectivity index (χ0) is 13.3. The lowest BCUT2D eigenvalue weighted by molar-refractivity contribution is 0.101. The molecule has 5 heteroatoms. The SMILES string of the molecule is CC(=O)c1c(C)nsc1Nc1ccc(C)nc1C. The third-order valence-electron chi connectivity index (χ3n) is 2.69. The first-order chi connectivity index (χ1) is 8.49. The lowest BCUT2D eigenvalue weighted by Gasteiger charge is -2.08. The van der Waals surface area contributed by atoms with Crippen molar-refractivity contribution in [2.75, 3.05) is 5.32 Å². The summed E-state index contributed by atoms with van der Waals surface area (Å²) < 4.78 is 4.22. The molecule has 2 heterocycles. The number of aromatic nitrogens is 2. The minimum absolute atomic E-state index is 0.0291. The monoisotopic (exact) mass is 261 g/mol. The topological polar surface area (TPSA) is 54.9 Å². The lowest BCUT2D eigenvalue weighted by Crippen LogP contribution is -2.00. The average molecular weight is 261 g/mol. The van der Waals surface area contributed by atoms with E-state index in [2.05, 4.69) is 14.7 Å². The van der Waals surface area contributed by atoms with Gasteiger partial charge in [0.25, 0.3) is 0 Å². The van der Waals surface area contributed by atoms with Crippen LogP contribution in [0, 0.1) is 20.8 Å². The van der Waals surface area contributed by atoms with E-state index in [1.807, 2.05) is 32.9 Å². The number of anilines is 2. The molecule has 4 nitrogen and oxygen atoms in total. The van der Waals surface area contributed by atoms with Crippen LogP contribution in [-0.2, 0) is 0 Å². The van der Waals surface area contributed by atoms with Gasteiger partial charge in [-0.1, -0.05) is 0 Å². The van der Waals surface area contributed by atoms with Gasteiger partial charge >= 0.3 is 0 Å². The fourth-order valence-corrected chi connectivity index (χ4v) is 2.67. The van der Waals surface area contributed by atoms with Crippen molar-refractivity contribution in [3.63, 3.8) is 0 Å². The third-order valence-corrected chi connectivity index (χ3v) is 3.54. The van der Waals surface area contributed by atoms with Crippen molar-refractivity contribution in [2.24, 2.45) is 0 Å². The maximum Gasteiger partial charge on any atom is 0.164 e. The minimum atomic E-state index is 0.0291. The van der Waals surface area contributed by atoms with E-state index >= 15 is 0 Å². The number of ketones is 1. The molecule has 0 atom stereocenters. The number of aryl methyl sites for hydroxylation is 3. The van der Waals surface area contributed by atoms with Crippen LogP contribution in [0.2, 0.25) is 0 Å². The van der Waals surface area contributed by atoms with E-state index in [0.717, 1.165) is 27.8 Å². The summed E-state index contributed by atoms with van der Waals surface area (Å²) in [4.78, 5) is 16.0. The average Bonchev–Trinajstić information content (AvgIpc) is 2.64. The maximum absolute atomic E-state index is 11.6. The molecule has 0 bridgehead atoms. The molecule has 0 aromatic carbocycles. The Kier molecular flexibility index (Phi) is 3.43. The van der Waals surface area contributed by atoms with Crippen LogP contribution in [0.25, 0.3) is 0 Å². The highest BCUT2D eigenvalue weighted by Gasteiger charge is 2.15. The van der Waals surface area contributed by atoms with E-state index in [-0.39, 0.29) is 5.78 Å². The van der Waals surface area contributed by atoms with Crippen molar-refractivity contribution in [3.8, 4) is 0 Å². The standard InChI is InChI=1S/C13H15N3OS/c1-7-5-6-11(8(2)14-7)15-13-12(10(4)17)9(3)16-18-13/h5-6,15H,1-4H3. The molecule has 0 saturated carbocycles. The molecular weight excluding hydrogens is 246 g/mol. The Morgan fingerprint density at radius 1 is 1.22 bits per heavy atom. The van der Waals surface area contributed by atoms with Gasteiger partial charge in [-0.25, -0.2) is 0 Å². The van der Waals surface area contributed by atoms with Gasteiger partial charge in [-0.2, -0.15) is 4.37 Å². The Labute approximate surface area is 110 Å². The van der Waals surface area contributed by atoms with E-state index in [1.54, 1.807) is 6.92 Å². The van der Waals surface area contributed by atoms with Crippen LogP contribution in [0.5, 0.6) is 0 Å². The Morgan fingerprint density at radius 2 is 1.94 bits per heavy atom. The molecule has 1 N–H and O–H groups in total. The highest BCUT2D eigenvalue weighted by molar-refractivity contribution is 7.10. The molecule has 0 saturated heterocycles. The summed E-state index contributed by atoms with van der Waals surface area (Å²) in [5, 5.41) is 4.03. The number of carbonyl (C=O) groups is 1. The quantitative estimate of drug-likeness (QED) is 0.860. The van der Waals surface area contributed by atoms with Crippen LogP contribution < -0.4 is 5.32 Å². The van der Waals surface area contributed by atoms with Gasteiger partial charge in [-0.15, -0.1) is 0 Å². The number of hydrogen-bond acceptors (Lipinski definition) is 5. The number of pyridine rings is 1. The summed E-state index contributed by atoms with van der Waals surface area (Å²) in [5.41, 5.74) is 4.24. The highest BCUT2D eigenvalue weighted by Crippen LogP contribution is 2.29. The van der Waals surface area contributed by atoms with E-state index < -0.39 is 0 Å². The van der Waals surface area contributed by atoms with Crippen LogP contribution in [0.1, 0.15) is 34.4 Å². The van der Waals surface area contributed by atoms with Gasteiger partial charge < -0.3 is 5.32 Å². The van der Waals surface area contributed by atoms with Crippen molar-refractivity contribution in [1.29, 1.82) is 0 Å². The van der Waals surface area contributed by atoms with E-state index in [4.69, 9.17) is 0 Å². The summed E-state index contributed by atoms with van der Waals surface area (Å²) >= 11 is 1.30. The normalized spacial score (nSPS) is 10.4. The van der Waals surface area contributed by atoms with Gasteiger partial charge in [-0.05, 0) is 51.4 Å². The molecule has 0 fully saturated rings. The summed E-state index contributed by atoms with van der Waals surface area (Å²) in [6.45, 7) is 7.30. The molecule has 0 aliphatic heterocycles. The number of nitrogens with one attached hydrogen (secondary N) is 1. The zero-order valence-corrected chi connectivity index (χ0v) is 11.7. The van der Waals surface area contributed by atoms with Crippen LogP contribution in [0.3, 0.4) is 0 Å². The molecule has 2 aromatic rings. The molecule has 0 aliphatic carbocycles. The summed E-state index contributed by atoms with van der Waals surface area (Å²) in [6, 6.07) is 3.91. The van der Waals surface area contributed by atoms with Gasteiger partial charge in [0.1, 0.15) is 5.00 Å². The Hall–Kier alpha value is -1.75. The van der Waals surface area contributed by atoms with Gasteiger partial charge in [0.2, 0.25) is 0 Å². The van der Waals surface area contributed by atoms with Crippen molar-refractivity contribution in [2.45, 2.75) is 27.7 Å². The molecule has 2 aromatic heterocycles. The molecule has 2 rings (SSSR count). The minimum Gasteiger partial charge on any atom is -0.344 e. The van der Waals surface area contributed by atoms with Gasteiger partial charge in [0.05, 0.1) is 22.6 Å². The van der Waals surface area contributed by atoms with Crippen molar-refractivity contribution < 1.29 is 4.79 Å². The predicted octanol–water partition coefficient (Wildman–Crippen LogP) is 3.41. The number of nitrogens with zero attached hydrogens (tertiary/aromatic N) is 2. The second-order valence-corrected chi connectivity index (χ2v) is 5.01. The van der Waals surface area contributed by atoms with Crippen LogP contribution in [0.4, 0.5) is 10.7 Å². The molecule has 0 aliphatic rings.